The first-order valence-electron chi connectivity index (χ1n) is 6.12. The van der Waals surface area contributed by atoms with Gasteiger partial charge in [-0.15, -0.1) is 0 Å². The molecule has 0 saturated heterocycles. The smallest absolute Gasteiger partial charge is 0.123 e. The first kappa shape index (κ1) is 11.7. The molecular formula is C13H21NO2. The normalized spacial score (nSPS) is 17.6. The van der Waals surface area contributed by atoms with Gasteiger partial charge < -0.3 is 14.5 Å². The molecule has 1 aromatic rings. The quantitative estimate of drug-likeness (QED) is 0.722. The molecule has 1 aromatic heterocycles. The van der Waals surface area contributed by atoms with E-state index in [1.807, 2.05) is 6.07 Å². The van der Waals surface area contributed by atoms with Gasteiger partial charge in [0.15, 0.2) is 0 Å². The molecule has 1 aliphatic carbocycles. The van der Waals surface area contributed by atoms with E-state index in [1.54, 1.807) is 6.26 Å². The zero-order valence-electron chi connectivity index (χ0n) is 10.2. The zero-order chi connectivity index (χ0) is 11.4. The van der Waals surface area contributed by atoms with Gasteiger partial charge in [0.2, 0.25) is 0 Å². The standard InChI is InChI=1S/C13H21NO2/c1-10-5-7-16-13(10)11(2)14-6-8-15-9-12-3-4-12/h5,7,11-12,14H,3-4,6,8-9H2,1-2H3. The summed E-state index contributed by atoms with van der Waals surface area (Å²) in [6, 6.07) is 2.26. The highest BCUT2D eigenvalue weighted by atomic mass is 16.5. The van der Waals surface area contributed by atoms with Crippen molar-refractivity contribution in [1.29, 1.82) is 0 Å². The minimum atomic E-state index is 0.263. The van der Waals surface area contributed by atoms with Gasteiger partial charge in [0.25, 0.3) is 0 Å². The Balaban J connectivity index is 1.59. The molecule has 1 aliphatic rings. The molecule has 1 unspecified atom stereocenters. The molecule has 90 valence electrons. The van der Waals surface area contributed by atoms with Crippen LogP contribution >= 0.6 is 0 Å². The molecule has 1 saturated carbocycles. The zero-order valence-corrected chi connectivity index (χ0v) is 10.2. The van der Waals surface area contributed by atoms with E-state index >= 15 is 0 Å². The number of rotatable bonds is 7. The Hall–Kier alpha value is -0.800. The average molecular weight is 223 g/mol. The summed E-state index contributed by atoms with van der Waals surface area (Å²) < 4.78 is 11.0. The predicted molar refractivity (Wildman–Crippen MR) is 63.4 cm³/mol. The van der Waals surface area contributed by atoms with Crippen molar-refractivity contribution in [2.45, 2.75) is 32.7 Å². The van der Waals surface area contributed by atoms with E-state index < -0.39 is 0 Å². The third-order valence-electron chi connectivity index (χ3n) is 3.04. The molecule has 0 bridgehead atoms. The van der Waals surface area contributed by atoms with Gasteiger partial charge in [-0.05, 0) is 44.2 Å². The van der Waals surface area contributed by atoms with Crippen molar-refractivity contribution < 1.29 is 9.15 Å². The van der Waals surface area contributed by atoms with Gasteiger partial charge in [0.1, 0.15) is 5.76 Å². The van der Waals surface area contributed by atoms with Gasteiger partial charge in [0.05, 0.1) is 18.9 Å². The topological polar surface area (TPSA) is 34.4 Å². The monoisotopic (exact) mass is 223 g/mol. The number of nitrogens with one attached hydrogen (secondary N) is 1. The number of ether oxygens (including phenoxy) is 1. The van der Waals surface area contributed by atoms with Gasteiger partial charge in [-0.1, -0.05) is 0 Å². The van der Waals surface area contributed by atoms with E-state index in [0.29, 0.717) is 0 Å². The van der Waals surface area contributed by atoms with E-state index in [4.69, 9.17) is 9.15 Å². The third kappa shape index (κ3) is 3.35. The lowest BCUT2D eigenvalue weighted by Crippen LogP contribution is -2.23. The summed E-state index contributed by atoms with van der Waals surface area (Å²) in [4.78, 5) is 0. The summed E-state index contributed by atoms with van der Waals surface area (Å²) in [6.07, 6.45) is 4.46. The van der Waals surface area contributed by atoms with Crippen LogP contribution in [0, 0.1) is 12.8 Å². The van der Waals surface area contributed by atoms with Crippen LogP contribution in [-0.2, 0) is 4.74 Å². The van der Waals surface area contributed by atoms with Crippen LogP contribution in [0.3, 0.4) is 0 Å². The molecule has 3 nitrogen and oxygen atoms in total. The number of hydrogen-bond donors (Lipinski definition) is 1. The van der Waals surface area contributed by atoms with Gasteiger partial charge in [-0.3, -0.25) is 0 Å². The minimum absolute atomic E-state index is 0.263. The molecular weight excluding hydrogens is 202 g/mol. The summed E-state index contributed by atoms with van der Waals surface area (Å²) >= 11 is 0. The maximum atomic E-state index is 5.56. The Morgan fingerprint density at radius 1 is 1.56 bits per heavy atom. The third-order valence-corrected chi connectivity index (χ3v) is 3.04. The fourth-order valence-electron chi connectivity index (χ4n) is 1.80. The first-order chi connectivity index (χ1) is 7.77. The second kappa shape index (κ2) is 5.51. The molecule has 0 amide bonds. The van der Waals surface area contributed by atoms with Crippen molar-refractivity contribution in [2.24, 2.45) is 5.92 Å². The maximum absolute atomic E-state index is 5.56. The molecule has 0 spiro atoms. The van der Waals surface area contributed by atoms with Crippen molar-refractivity contribution in [3.8, 4) is 0 Å². The second-order valence-corrected chi connectivity index (χ2v) is 4.66. The van der Waals surface area contributed by atoms with Crippen LogP contribution < -0.4 is 5.32 Å². The molecule has 2 rings (SSSR count). The van der Waals surface area contributed by atoms with Crippen LogP contribution in [0.15, 0.2) is 16.7 Å². The highest BCUT2D eigenvalue weighted by Crippen LogP contribution is 2.28. The molecule has 1 fully saturated rings. The minimum Gasteiger partial charge on any atom is -0.467 e. The molecule has 0 radical (unpaired) electrons. The van der Waals surface area contributed by atoms with Crippen LogP contribution in [0.25, 0.3) is 0 Å². The van der Waals surface area contributed by atoms with E-state index in [9.17, 15) is 0 Å². The van der Waals surface area contributed by atoms with E-state index in [2.05, 4.69) is 19.2 Å². The number of hydrogen-bond acceptors (Lipinski definition) is 3. The summed E-state index contributed by atoms with van der Waals surface area (Å²) in [5.41, 5.74) is 1.21. The number of aryl methyl sites for hydroxylation is 1. The Morgan fingerprint density at radius 3 is 3.00 bits per heavy atom. The predicted octanol–water partition coefficient (Wildman–Crippen LogP) is 2.67. The highest BCUT2D eigenvalue weighted by Gasteiger charge is 2.20. The molecule has 0 aliphatic heterocycles. The van der Waals surface area contributed by atoms with Crippen molar-refractivity contribution in [2.75, 3.05) is 19.8 Å². The summed E-state index contributed by atoms with van der Waals surface area (Å²) in [5.74, 6) is 1.88. The van der Waals surface area contributed by atoms with Crippen molar-refractivity contribution in [3.63, 3.8) is 0 Å². The van der Waals surface area contributed by atoms with Crippen LogP contribution in [0.4, 0.5) is 0 Å². The Labute approximate surface area is 97.2 Å². The lowest BCUT2D eigenvalue weighted by atomic mass is 10.2. The van der Waals surface area contributed by atoms with Gasteiger partial charge in [-0.25, -0.2) is 0 Å². The lowest BCUT2D eigenvalue weighted by molar-refractivity contribution is 0.124. The average Bonchev–Trinajstić information content (AvgIpc) is 2.99. The Kier molecular flexibility index (Phi) is 4.02. The number of furan rings is 1. The second-order valence-electron chi connectivity index (χ2n) is 4.66. The first-order valence-corrected chi connectivity index (χ1v) is 6.12. The van der Waals surface area contributed by atoms with E-state index in [-0.39, 0.29) is 6.04 Å². The Morgan fingerprint density at radius 2 is 2.38 bits per heavy atom. The summed E-state index contributed by atoms with van der Waals surface area (Å²) in [5, 5.41) is 3.40. The lowest BCUT2D eigenvalue weighted by Gasteiger charge is -2.12. The van der Waals surface area contributed by atoms with Gasteiger partial charge in [-0.2, -0.15) is 0 Å². The van der Waals surface area contributed by atoms with Gasteiger partial charge >= 0.3 is 0 Å². The highest BCUT2D eigenvalue weighted by molar-refractivity contribution is 5.17. The largest absolute Gasteiger partial charge is 0.467 e. The summed E-state index contributed by atoms with van der Waals surface area (Å²) in [7, 11) is 0. The van der Waals surface area contributed by atoms with E-state index in [1.165, 1.54) is 18.4 Å². The van der Waals surface area contributed by atoms with Gasteiger partial charge in [0, 0.05) is 13.2 Å². The molecule has 1 atom stereocenters. The molecule has 1 N–H and O–H groups in total. The van der Waals surface area contributed by atoms with Crippen LogP contribution in [0.1, 0.15) is 37.1 Å². The van der Waals surface area contributed by atoms with E-state index in [0.717, 1.165) is 31.4 Å². The van der Waals surface area contributed by atoms with Crippen molar-refractivity contribution >= 4 is 0 Å². The molecule has 0 aromatic carbocycles. The fourth-order valence-corrected chi connectivity index (χ4v) is 1.80. The SMILES string of the molecule is Cc1ccoc1C(C)NCCOCC1CC1. The fraction of sp³-hybridized carbons (Fsp3) is 0.692. The summed E-state index contributed by atoms with van der Waals surface area (Å²) in [6.45, 7) is 6.80. The Bertz CT molecular complexity index is 317. The molecule has 1 heterocycles. The van der Waals surface area contributed by atoms with Crippen molar-refractivity contribution in [3.05, 3.63) is 23.7 Å². The van der Waals surface area contributed by atoms with Crippen LogP contribution in [0.5, 0.6) is 0 Å². The molecule has 3 heteroatoms. The molecule has 16 heavy (non-hydrogen) atoms. The van der Waals surface area contributed by atoms with Crippen LogP contribution in [-0.4, -0.2) is 19.8 Å². The van der Waals surface area contributed by atoms with Crippen LogP contribution in [0.2, 0.25) is 0 Å². The maximum Gasteiger partial charge on any atom is 0.123 e. The van der Waals surface area contributed by atoms with Crippen molar-refractivity contribution in [1.82, 2.24) is 5.32 Å².